The molecule has 2 aromatic carbocycles. The fourth-order valence-corrected chi connectivity index (χ4v) is 2.71. The number of hydrogen-bond donors (Lipinski definition) is 0. The molecule has 2 nitrogen and oxygen atoms in total. The Morgan fingerprint density at radius 1 is 0.895 bits per heavy atom. The van der Waals surface area contributed by atoms with Crippen LogP contribution in [0.3, 0.4) is 0 Å². The average molecular weight is 252 g/mol. The molecule has 0 radical (unpaired) electrons. The van der Waals surface area contributed by atoms with Crippen molar-refractivity contribution in [1.29, 1.82) is 0 Å². The fraction of sp³-hybridized carbons (Fsp3) is 0.235. The molecule has 1 aliphatic rings. The van der Waals surface area contributed by atoms with Crippen LogP contribution in [-0.2, 0) is 4.79 Å². The second-order valence-electron chi connectivity index (χ2n) is 5.26. The van der Waals surface area contributed by atoms with E-state index in [1.165, 1.54) is 5.56 Å². The van der Waals surface area contributed by atoms with Crippen LogP contribution in [0, 0.1) is 20.8 Å². The Kier molecular flexibility index (Phi) is 2.67. The Labute approximate surface area is 113 Å². The highest BCUT2D eigenvalue weighted by Crippen LogP contribution is 2.40. The molecule has 1 aliphatic heterocycles. The summed E-state index contributed by atoms with van der Waals surface area (Å²) in [5.74, 6) is 0.249. The molecule has 0 aromatic heterocycles. The van der Waals surface area contributed by atoms with Crippen LogP contribution in [0.25, 0.3) is 0 Å². The van der Waals surface area contributed by atoms with E-state index in [1.807, 2.05) is 44.2 Å². The summed E-state index contributed by atoms with van der Waals surface area (Å²) in [7, 11) is 0. The molecule has 1 unspecified atom stereocenters. The van der Waals surface area contributed by atoms with Gasteiger partial charge in [-0.05, 0) is 43.5 Å². The molecule has 0 saturated carbocycles. The van der Waals surface area contributed by atoms with Crippen LogP contribution in [0.4, 0.5) is 0 Å². The van der Waals surface area contributed by atoms with E-state index in [0.29, 0.717) is 5.75 Å². The standard InChI is InChI=1S/C17H16O2/c1-10-4-6-13(12(3)8-10)16-14-7-5-11(2)9-15(14)19-17(16)18/h4-9,16H,1-3H3. The summed E-state index contributed by atoms with van der Waals surface area (Å²) in [6.07, 6.45) is 0. The van der Waals surface area contributed by atoms with Crippen LogP contribution in [0.5, 0.6) is 5.75 Å². The molecule has 19 heavy (non-hydrogen) atoms. The number of carbonyl (C=O) groups excluding carboxylic acids is 1. The maximum atomic E-state index is 12.2. The van der Waals surface area contributed by atoms with E-state index in [4.69, 9.17) is 4.74 Å². The molecule has 2 aromatic rings. The van der Waals surface area contributed by atoms with E-state index in [9.17, 15) is 4.79 Å². The van der Waals surface area contributed by atoms with E-state index < -0.39 is 0 Å². The van der Waals surface area contributed by atoms with Crippen molar-refractivity contribution in [2.75, 3.05) is 0 Å². The summed E-state index contributed by atoms with van der Waals surface area (Å²) in [4.78, 5) is 12.2. The number of hydrogen-bond acceptors (Lipinski definition) is 2. The highest BCUT2D eigenvalue weighted by atomic mass is 16.5. The van der Waals surface area contributed by atoms with Gasteiger partial charge < -0.3 is 4.74 Å². The molecule has 2 heteroatoms. The first-order valence-electron chi connectivity index (χ1n) is 6.45. The lowest BCUT2D eigenvalue weighted by molar-refractivity contribution is -0.133. The van der Waals surface area contributed by atoms with Gasteiger partial charge in [0, 0.05) is 5.56 Å². The SMILES string of the molecule is Cc1ccc(C2C(=O)Oc3cc(C)ccc32)c(C)c1. The van der Waals surface area contributed by atoms with Crippen LogP contribution in [0.15, 0.2) is 36.4 Å². The zero-order valence-corrected chi connectivity index (χ0v) is 11.4. The van der Waals surface area contributed by atoms with Crippen molar-refractivity contribution in [1.82, 2.24) is 0 Å². The summed E-state index contributed by atoms with van der Waals surface area (Å²) in [6, 6.07) is 12.1. The third-order valence-corrected chi connectivity index (χ3v) is 3.66. The Bertz CT molecular complexity index is 671. The molecule has 0 spiro atoms. The van der Waals surface area contributed by atoms with Crippen molar-refractivity contribution < 1.29 is 9.53 Å². The van der Waals surface area contributed by atoms with Gasteiger partial charge in [-0.1, -0.05) is 35.9 Å². The van der Waals surface area contributed by atoms with E-state index >= 15 is 0 Å². The second kappa shape index (κ2) is 4.23. The van der Waals surface area contributed by atoms with Gasteiger partial charge in [-0.2, -0.15) is 0 Å². The maximum absolute atomic E-state index is 12.2. The monoisotopic (exact) mass is 252 g/mol. The van der Waals surface area contributed by atoms with Gasteiger partial charge in [0.1, 0.15) is 11.7 Å². The second-order valence-corrected chi connectivity index (χ2v) is 5.26. The molecule has 0 bridgehead atoms. The van der Waals surface area contributed by atoms with Crippen LogP contribution in [0.2, 0.25) is 0 Å². The first kappa shape index (κ1) is 12.0. The summed E-state index contributed by atoms with van der Waals surface area (Å²) in [5, 5.41) is 0. The summed E-state index contributed by atoms with van der Waals surface area (Å²) in [5.41, 5.74) is 5.46. The van der Waals surface area contributed by atoms with Crippen molar-refractivity contribution >= 4 is 5.97 Å². The normalized spacial score (nSPS) is 17.2. The third-order valence-electron chi connectivity index (χ3n) is 3.66. The van der Waals surface area contributed by atoms with Gasteiger partial charge in [0.05, 0.1) is 0 Å². The predicted octanol–water partition coefficient (Wildman–Crippen LogP) is 3.66. The molecule has 3 rings (SSSR count). The van der Waals surface area contributed by atoms with E-state index in [0.717, 1.165) is 22.3 Å². The van der Waals surface area contributed by atoms with E-state index in [1.54, 1.807) is 0 Å². The molecule has 1 heterocycles. The van der Waals surface area contributed by atoms with Crippen LogP contribution in [-0.4, -0.2) is 5.97 Å². The zero-order chi connectivity index (χ0) is 13.6. The lowest BCUT2D eigenvalue weighted by atomic mass is 9.88. The first-order chi connectivity index (χ1) is 9.06. The topological polar surface area (TPSA) is 26.3 Å². The number of rotatable bonds is 1. The minimum atomic E-state index is -0.281. The number of aryl methyl sites for hydroxylation is 3. The number of carbonyl (C=O) groups is 1. The molecule has 96 valence electrons. The van der Waals surface area contributed by atoms with E-state index in [2.05, 4.69) is 13.0 Å². The Balaban J connectivity index is 2.14. The number of ether oxygens (including phenoxy) is 1. The van der Waals surface area contributed by atoms with Crippen LogP contribution in [0.1, 0.15) is 33.7 Å². The smallest absolute Gasteiger partial charge is 0.323 e. The lowest BCUT2D eigenvalue weighted by Gasteiger charge is -2.12. The van der Waals surface area contributed by atoms with E-state index in [-0.39, 0.29) is 11.9 Å². The summed E-state index contributed by atoms with van der Waals surface area (Å²) < 4.78 is 5.40. The zero-order valence-electron chi connectivity index (χ0n) is 11.4. The van der Waals surface area contributed by atoms with Gasteiger partial charge in [0.2, 0.25) is 0 Å². The van der Waals surface area contributed by atoms with Gasteiger partial charge in [0.25, 0.3) is 0 Å². The van der Waals surface area contributed by atoms with Gasteiger partial charge in [-0.3, -0.25) is 4.79 Å². The predicted molar refractivity (Wildman–Crippen MR) is 74.6 cm³/mol. The molecule has 0 saturated heterocycles. The molecular formula is C17H16O2. The quantitative estimate of drug-likeness (QED) is 0.572. The summed E-state index contributed by atoms with van der Waals surface area (Å²) >= 11 is 0. The Morgan fingerprint density at radius 2 is 1.53 bits per heavy atom. The highest BCUT2D eigenvalue weighted by Gasteiger charge is 2.35. The molecule has 0 fully saturated rings. The molecule has 0 N–H and O–H groups in total. The highest BCUT2D eigenvalue weighted by molar-refractivity contribution is 5.89. The molecular weight excluding hydrogens is 236 g/mol. The lowest BCUT2D eigenvalue weighted by Crippen LogP contribution is -2.12. The van der Waals surface area contributed by atoms with Crippen molar-refractivity contribution in [3.05, 3.63) is 64.2 Å². The van der Waals surface area contributed by atoms with Crippen molar-refractivity contribution in [3.8, 4) is 5.75 Å². The number of esters is 1. The van der Waals surface area contributed by atoms with Crippen LogP contribution < -0.4 is 4.74 Å². The Morgan fingerprint density at radius 3 is 2.21 bits per heavy atom. The van der Waals surface area contributed by atoms with Crippen molar-refractivity contribution in [2.24, 2.45) is 0 Å². The molecule has 0 aliphatic carbocycles. The fourth-order valence-electron chi connectivity index (χ4n) is 2.71. The largest absolute Gasteiger partial charge is 0.425 e. The van der Waals surface area contributed by atoms with Gasteiger partial charge in [-0.15, -0.1) is 0 Å². The van der Waals surface area contributed by atoms with Crippen molar-refractivity contribution in [3.63, 3.8) is 0 Å². The van der Waals surface area contributed by atoms with Gasteiger partial charge in [0.15, 0.2) is 0 Å². The van der Waals surface area contributed by atoms with Gasteiger partial charge >= 0.3 is 5.97 Å². The number of fused-ring (bicyclic) bond motifs is 1. The Hall–Kier alpha value is -2.09. The minimum Gasteiger partial charge on any atom is -0.425 e. The van der Waals surface area contributed by atoms with Gasteiger partial charge in [-0.25, -0.2) is 0 Å². The van der Waals surface area contributed by atoms with Crippen LogP contribution >= 0.6 is 0 Å². The maximum Gasteiger partial charge on any atom is 0.323 e. The molecule has 0 amide bonds. The summed E-state index contributed by atoms with van der Waals surface area (Å²) in [6.45, 7) is 6.10. The molecule has 1 atom stereocenters. The minimum absolute atomic E-state index is 0.174. The third kappa shape index (κ3) is 1.93. The average Bonchev–Trinajstić information content (AvgIpc) is 2.65. The number of benzene rings is 2. The first-order valence-corrected chi connectivity index (χ1v) is 6.45. The van der Waals surface area contributed by atoms with Crippen molar-refractivity contribution in [2.45, 2.75) is 26.7 Å².